The van der Waals surface area contributed by atoms with Gasteiger partial charge in [0.05, 0.1) is 0 Å². The van der Waals surface area contributed by atoms with Crippen LogP contribution in [0.3, 0.4) is 0 Å². The Morgan fingerprint density at radius 1 is 0.429 bits per heavy atom. The van der Waals surface area contributed by atoms with Crippen molar-refractivity contribution < 1.29 is 24.0 Å². The first-order chi connectivity index (χ1) is 15.4. The topological polar surface area (TPSA) is 205 Å². The van der Waals surface area contributed by atoms with Crippen molar-refractivity contribution in [3.8, 4) is 0 Å². The maximum atomic E-state index is 8.55. The largest absolute Gasteiger partial charge is 0.822 e. The van der Waals surface area contributed by atoms with Crippen molar-refractivity contribution >= 4 is 7.82 Å². The molecule has 0 fully saturated rings. The number of quaternary nitrogens is 3. The van der Waals surface area contributed by atoms with Gasteiger partial charge in [-0.3, -0.25) is 0 Å². The van der Waals surface area contributed by atoms with Gasteiger partial charge in [-0.2, -0.15) is 7.82 Å². The van der Waals surface area contributed by atoms with E-state index in [-0.39, 0.29) is 18.5 Å². The summed E-state index contributed by atoms with van der Waals surface area (Å²) in [7, 11) is -5.39. The van der Waals surface area contributed by atoms with Gasteiger partial charge in [0.15, 0.2) is 0 Å². The van der Waals surface area contributed by atoms with Crippen molar-refractivity contribution in [2.75, 3.05) is 13.2 Å². The van der Waals surface area contributed by atoms with Crippen LogP contribution in [0.15, 0.2) is 0 Å². The van der Waals surface area contributed by atoms with Gasteiger partial charge < -0.3 is 42.4 Å². The molecule has 0 aromatic rings. The zero-order valence-electron chi connectivity index (χ0n) is 24.5. The summed E-state index contributed by atoms with van der Waals surface area (Å²) < 4.78 is 14.3. The van der Waals surface area contributed by atoms with E-state index < -0.39 is 7.82 Å². The van der Waals surface area contributed by atoms with Gasteiger partial charge in [0.1, 0.15) is 0 Å². The van der Waals surface area contributed by atoms with Gasteiger partial charge >= 0.3 is 0 Å². The SMILES string of the molecule is CCCCCCCCCCCCCOCCCCCCCCCCCCC.O=P([O-])([O-])[O-].[NH4+].[NH4+].[NH4+]. The molecule has 0 unspecified atom stereocenters. The zero-order chi connectivity index (χ0) is 24.2. The fourth-order valence-electron chi connectivity index (χ4n) is 3.84. The highest BCUT2D eigenvalue weighted by Crippen LogP contribution is 2.12. The van der Waals surface area contributed by atoms with E-state index in [9.17, 15) is 0 Å². The van der Waals surface area contributed by atoms with Crippen molar-refractivity contribution in [2.24, 2.45) is 0 Å². The minimum absolute atomic E-state index is 0. The Labute approximate surface area is 218 Å². The normalized spacial score (nSPS) is 10.4. The minimum Gasteiger partial charge on any atom is -0.822 e. The molecular formula is C26H66N3O5P. The Morgan fingerprint density at radius 2 is 0.600 bits per heavy atom. The molecule has 0 saturated heterocycles. The van der Waals surface area contributed by atoms with Crippen LogP contribution in [-0.2, 0) is 9.30 Å². The molecule has 0 aliphatic heterocycles. The lowest BCUT2D eigenvalue weighted by molar-refractivity contribution is -0.432. The summed E-state index contributed by atoms with van der Waals surface area (Å²) in [6.07, 6.45) is 31.1. The second kappa shape index (κ2) is 38.5. The predicted octanol–water partition coefficient (Wildman–Crippen LogP) is 7.93. The minimum atomic E-state index is -5.39. The molecule has 0 spiro atoms. The van der Waals surface area contributed by atoms with Crippen LogP contribution < -0.4 is 33.1 Å². The standard InChI is InChI=1S/C26H54O.3H3N.H3O4P/c1-3-5-7-9-11-13-15-17-19-21-23-25-27-26-24-22-20-18-16-14-12-10-8-6-4-2;;;;1-5(2,3)4/h3-26H2,1-2H3;3*1H3;(H3,1,2,3,4). The van der Waals surface area contributed by atoms with E-state index in [2.05, 4.69) is 13.8 Å². The van der Waals surface area contributed by atoms with Crippen molar-refractivity contribution in [1.82, 2.24) is 18.5 Å². The third-order valence-corrected chi connectivity index (χ3v) is 5.78. The van der Waals surface area contributed by atoms with Crippen molar-refractivity contribution in [3.63, 3.8) is 0 Å². The molecule has 0 aliphatic carbocycles. The Morgan fingerprint density at radius 3 is 0.800 bits per heavy atom. The van der Waals surface area contributed by atoms with E-state index in [4.69, 9.17) is 24.0 Å². The Balaban J connectivity index is -0.000000338. The van der Waals surface area contributed by atoms with Crippen molar-refractivity contribution in [2.45, 2.75) is 155 Å². The highest BCUT2D eigenvalue weighted by molar-refractivity contribution is 7.40. The molecular weight excluding hydrogens is 465 g/mol. The summed E-state index contributed by atoms with van der Waals surface area (Å²) >= 11 is 0. The van der Waals surface area contributed by atoms with E-state index in [0.29, 0.717) is 0 Å². The summed E-state index contributed by atoms with van der Waals surface area (Å²) in [6.45, 7) is 6.58. The van der Waals surface area contributed by atoms with Crippen LogP contribution in [0.1, 0.15) is 155 Å². The van der Waals surface area contributed by atoms with E-state index in [0.717, 1.165) is 13.2 Å². The second-order valence-electron chi connectivity index (χ2n) is 9.13. The molecule has 220 valence electrons. The molecule has 0 heterocycles. The molecule has 8 nitrogen and oxygen atoms in total. The van der Waals surface area contributed by atoms with Gasteiger partial charge in [-0.1, -0.05) is 142 Å². The first kappa shape index (κ1) is 44.9. The van der Waals surface area contributed by atoms with Crippen LogP contribution in [0, 0.1) is 0 Å². The second-order valence-corrected chi connectivity index (χ2v) is 10.0. The van der Waals surface area contributed by atoms with E-state index in [1.807, 2.05) is 0 Å². The number of phosphoric acid groups is 1. The van der Waals surface area contributed by atoms with Crippen molar-refractivity contribution in [1.29, 1.82) is 0 Å². The van der Waals surface area contributed by atoms with Crippen molar-refractivity contribution in [3.05, 3.63) is 0 Å². The first-order valence-corrected chi connectivity index (χ1v) is 15.2. The molecule has 0 atom stereocenters. The van der Waals surface area contributed by atoms with Gasteiger partial charge in [0.25, 0.3) is 0 Å². The number of hydrogen-bond donors (Lipinski definition) is 3. The zero-order valence-corrected chi connectivity index (χ0v) is 25.4. The van der Waals surface area contributed by atoms with Crippen LogP contribution in [0.2, 0.25) is 0 Å². The molecule has 9 heteroatoms. The van der Waals surface area contributed by atoms with Gasteiger partial charge in [0.2, 0.25) is 0 Å². The van der Waals surface area contributed by atoms with Crippen LogP contribution in [0.25, 0.3) is 0 Å². The number of ether oxygens (including phenoxy) is 1. The average Bonchev–Trinajstić information content (AvgIpc) is 2.73. The lowest BCUT2D eigenvalue weighted by atomic mass is 10.1. The molecule has 0 amide bonds. The van der Waals surface area contributed by atoms with E-state index in [1.165, 1.54) is 141 Å². The van der Waals surface area contributed by atoms with Crippen LogP contribution in [-0.4, -0.2) is 13.2 Å². The summed E-state index contributed by atoms with van der Waals surface area (Å²) in [5.41, 5.74) is 0. The lowest BCUT2D eigenvalue weighted by Gasteiger charge is -2.36. The quantitative estimate of drug-likeness (QED) is 0.0834. The summed E-state index contributed by atoms with van der Waals surface area (Å²) in [5, 5.41) is 0. The Hall–Kier alpha value is -0.0500. The number of rotatable bonds is 24. The number of unbranched alkanes of at least 4 members (excludes halogenated alkanes) is 20. The van der Waals surface area contributed by atoms with Crippen LogP contribution in [0.4, 0.5) is 0 Å². The third kappa shape index (κ3) is 60.4. The maximum Gasteiger partial charge on any atom is 0.0466 e. The third-order valence-electron chi connectivity index (χ3n) is 5.78. The molecule has 0 bridgehead atoms. The number of hydrogen-bond acceptors (Lipinski definition) is 5. The molecule has 0 saturated carbocycles. The van der Waals surface area contributed by atoms with Gasteiger partial charge in [0, 0.05) is 13.2 Å². The van der Waals surface area contributed by atoms with Gasteiger partial charge in [-0.05, 0) is 12.8 Å². The fourth-order valence-corrected chi connectivity index (χ4v) is 3.84. The molecule has 0 aliphatic rings. The van der Waals surface area contributed by atoms with E-state index in [1.54, 1.807) is 0 Å². The molecule has 0 rings (SSSR count). The first-order valence-electron chi connectivity index (χ1n) is 13.7. The maximum absolute atomic E-state index is 8.55. The predicted molar refractivity (Wildman–Crippen MR) is 149 cm³/mol. The molecule has 12 N–H and O–H groups in total. The fraction of sp³-hybridized carbons (Fsp3) is 1.00. The lowest BCUT2D eigenvalue weighted by Crippen LogP contribution is -2.24. The molecule has 35 heavy (non-hydrogen) atoms. The summed E-state index contributed by atoms with van der Waals surface area (Å²) in [4.78, 5) is 25.6. The van der Waals surface area contributed by atoms with Crippen LogP contribution >= 0.6 is 7.82 Å². The van der Waals surface area contributed by atoms with Crippen LogP contribution in [0.5, 0.6) is 0 Å². The van der Waals surface area contributed by atoms with Gasteiger partial charge in [-0.15, -0.1) is 0 Å². The van der Waals surface area contributed by atoms with Gasteiger partial charge in [-0.25, -0.2) is 0 Å². The Bertz CT molecular complexity index is 356. The molecule has 0 aromatic heterocycles. The highest BCUT2D eigenvalue weighted by atomic mass is 31.2. The monoisotopic (exact) mass is 531 g/mol. The smallest absolute Gasteiger partial charge is 0.0466 e. The Kier molecular flexibility index (Phi) is 49.4. The molecule has 0 radical (unpaired) electrons. The summed E-state index contributed by atoms with van der Waals surface area (Å²) in [6, 6.07) is 0. The highest BCUT2D eigenvalue weighted by Gasteiger charge is 1.95. The van der Waals surface area contributed by atoms with E-state index >= 15 is 0 Å². The average molecular weight is 532 g/mol. The summed E-state index contributed by atoms with van der Waals surface area (Å²) in [5.74, 6) is 0. The molecule has 0 aromatic carbocycles.